The van der Waals surface area contributed by atoms with Gasteiger partial charge in [0.15, 0.2) is 0 Å². The Kier molecular flexibility index (Phi) is 3.54. The second kappa shape index (κ2) is 4.46. The van der Waals surface area contributed by atoms with Crippen LogP contribution < -0.4 is 0 Å². The lowest BCUT2D eigenvalue weighted by molar-refractivity contribution is 0.297. The van der Waals surface area contributed by atoms with Crippen LogP contribution in [0.25, 0.3) is 0 Å². The Morgan fingerprint density at radius 1 is 1.42 bits per heavy atom. The molecule has 1 aliphatic carbocycles. The summed E-state index contributed by atoms with van der Waals surface area (Å²) in [6, 6.07) is 0. The Balaban J connectivity index is 2.53. The third-order valence-corrected chi connectivity index (χ3v) is 2.53. The number of aliphatic hydroxyl groups excluding tert-OH is 1. The zero-order valence-corrected chi connectivity index (χ0v) is 8.06. The summed E-state index contributed by atoms with van der Waals surface area (Å²) in [7, 11) is 0. The molecule has 0 unspecified atom stereocenters. The minimum absolute atomic E-state index is 0.302. The number of hydrogen-bond donors (Lipinski definition) is 1. The second-order valence-corrected chi connectivity index (χ2v) is 3.64. The van der Waals surface area contributed by atoms with Gasteiger partial charge in [0.05, 0.1) is 0 Å². The Hall–Kier alpha value is -0.560. The van der Waals surface area contributed by atoms with Gasteiger partial charge in [-0.2, -0.15) is 0 Å². The fraction of sp³-hybridized carbons (Fsp3) is 0.636. The monoisotopic (exact) mass is 166 g/mol. The first kappa shape index (κ1) is 9.53. The topological polar surface area (TPSA) is 20.2 Å². The highest BCUT2D eigenvalue weighted by Gasteiger charge is 2.07. The van der Waals surface area contributed by atoms with E-state index in [1.807, 2.05) is 0 Å². The van der Waals surface area contributed by atoms with E-state index in [4.69, 9.17) is 5.11 Å². The van der Waals surface area contributed by atoms with Gasteiger partial charge in [-0.25, -0.2) is 0 Å². The molecule has 1 nitrogen and oxygen atoms in total. The van der Waals surface area contributed by atoms with E-state index in [2.05, 4.69) is 19.9 Å². The van der Waals surface area contributed by atoms with Gasteiger partial charge in [-0.1, -0.05) is 22.8 Å². The summed E-state index contributed by atoms with van der Waals surface area (Å²) < 4.78 is 0. The zero-order chi connectivity index (χ0) is 8.97. The van der Waals surface area contributed by atoms with Gasteiger partial charge in [-0.3, -0.25) is 0 Å². The molecule has 0 fully saturated rings. The molecule has 12 heavy (non-hydrogen) atoms. The van der Waals surface area contributed by atoms with E-state index >= 15 is 0 Å². The van der Waals surface area contributed by atoms with Crippen molar-refractivity contribution in [3.8, 4) is 0 Å². The SMILES string of the molecule is CC(C)=C1CC=C(CCO)CC1. The van der Waals surface area contributed by atoms with Crippen molar-refractivity contribution in [2.45, 2.75) is 39.5 Å². The number of allylic oxidation sites excluding steroid dienone is 3. The van der Waals surface area contributed by atoms with Crippen LogP contribution in [0.2, 0.25) is 0 Å². The minimum Gasteiger partial charge on any atom is -0.396 e. The molecule has 0 saturated carbocycles. The predicted octanol–water partition coefficient (Wildman–Crippen LogP) is 2.82. The van der Waals surface area contributed by atoms with Crippen LogP contribution in [0.15, 0.2) is 22.8 Å². The Labute approximate surface area is 74.8 Å². The average molecular weight is 166 g/mol. The van der Waals surface area contributed by atoms with Crippen molar-refractivity contribution in [1.29, 1.82) is 0 Å². The number of rotatable bonds is 2. The standard InChI is InChI=1S/C11H18O/c1-9(2)11-5-3-10(4-6-11)7-8-12/h3,12H,4-8H2,1-2H3. The third kappa shape index (κ3) is 2.49. The van der Waals surface area contributed by atoms with Gasteiger partial charge in [-0.05, 0) is 39.5 Å². The molecule has 0 aromatic heterocycles. The van der Waals surface area contributed by atoms with E-state index < -0.39 is 0 Å². The zero-order valence-electron chi connectivity index (χ0n) is 8.06. The van der Waals surface area contributed by atoms with E-state index in [1.54, 1.807) is 5.57 Å². The van der Waals surface area contributed by atoms with Gasteiger partial charge in [0.1, 0.15) is 0 Å². The van der Waals surface area contributed by atoms with Gasteiger partial charge in [0, 0.05) is 6.61 Å². The summed E-state index contributed by atoms with van der Waals surface area (Å²) in [6.45, 7) is 4.66. The molecule has 0 aromatic rings. The van der Waals surface area contributed by atoms with Crippen LogP contribution in [0, 0.1) is 0 Å². The molecule has 0 aliphatic heterocycles. The van der Waals surface area contributed by atoms with Crippen LogP contribution in [-0.4, -0.2) is 11.7 Å². The molecule has 0 heterocycles. The molecule has 0 saturated heterocycles. The van der Waals surface area contributed by atoms with Crippen LogP contribution in [0.1, 0.15) is 39.5 Å². The quantitative estimate of drug-likeness (QED) is 0.625. The molecule has 0 amide bonds. The molecular weight excluding hydrogens is 148 g/mol. The summed E-state index contributed by atoms with van der Waals surface area (Å²) in [5.74, 6) is 0. The summed E-state index contributed by atoms with van der Waals surface area (Å²) in [5.41, 5.74) is 4.48. The van der Waals surface area contributed by atoms with Crippen molar-refractivity contribution in [1.82, 2.24) is 0 Å². The highest BCUT2D eigenvalue weighted by molar-refractivity contribution is 5.22. The van der Waals surface area contributed by atoms with Gasteiger partial charge < -0.3 is 5.11 Å². The summed E-state index contributed by atoms with van der Waals surface area (Å²) in [4.78, 5) is 0. The summed E-state index contributed by atoms with van der Waals surface area (Å²) in [5, 5.41) is 8.74. The van der Waals surface area contributed by atoms with Gasteiger partial charge in [-0.15, -0.1) is 0 Å². The molecule has 0 aromatic carbocycles. The first-order chi connectivity index (χ1) is 5.74. The van der Waals surface area contributed by atoms with Crippen molar-refractivity contribution >= 4 is 0 Å². The third-order valence-electron chi connectivity index (χ3n) is 2.53. The molecule has 0 spiro atoms. The lowest BCUT2D eigenvalue weighted by Gasteiger charge is -2.16. The molecule has 0 atom stereocenters. The normalized spacial score (nSPS) is 17.6. The van der Waals surface area contributed by atoms with Crippen LogP contribution in [0.5, 0.6) is 0 Å². The van der Waals surface area contributed by atoms with E-state index in [1.165, 1.54) is 17.6 Å². The van der Waals surface area contributed by atoms with E-state index in [0.717, 1.165) is 19.3 Å². The molecule has 1 heteroatoms. The van der Waals surface area contributed by atoms with Crippen molar-refractivity contribution in [2.75, 3.05) is 6.61 Å². The van der Waals surface area contributed by atoms with Crippen molar-refractivity contribution in [3.05, 3.63) is 22.8 Å². The minimum atomic E-state index is 0.302. The van der Waals surface area contributed by atoms with Gasteiger partial charge in [0.2, 0.25) is 0 Å². The number of hydrogen-bond acceptors (Lipinski definition) is 1. The Morgan fingerprint density at radius 3 is 2.58 bits per heavy atom. The predicted molar refractivity (Wildman–Crippen MR) is 52.0 cm³/mol. The van der Waals surface area contributed by atoms with Crippen LogP contribution in [0.3, 0.4) is 0 Å². The summed E-state index contributed by atoms with van der Waals surface area (Å²) >= 11 is 0. The van der Waals surface area contributed by atoms with E-state index in [-0.39, 0.29) is 0 Å². The van der Waals surface area contributed by atoms with E-state index in [9.17, 15) is 0 Å². The smallest absolute Gasteiger partial charge is 0.0468 e. The second-order valence-electron chi connectivity index (χ2n) is 3.64. The van der Waals surface area contributed by atoms with Crippen LogP contribution in [0.4, 0.5) is 0 Å². The van der Waals surface area contributed by atoms with Crippen LogP contribution >= 0.6 is 0 Å². The highest BCUT2D eigenvalue weighted by atomic mass is 16.2. The molecule has 68 valence electrons. The lowest BCUT2D eigenvalue weighted by atomic mass is 9.91. The first-order valence-electron chi connectivity index (χ1n) is 4.68. The maximum absolute atomic E-state index is 8.74. The number of aliphatic hydroxyl groups is 1. The average Bonchev–Trinajstić information content (AvgIpc) is 2.06. The molecular formula is C11H18O. The van der Waals surface area contributed by atoms with Crippen LogP contribution in [-0.2, 0) is 0 Å². The van der Waals surface area contributed by atoms with Gasteiger partial charge >= 0.3 is 0 Å². The van der Waals surface area contributed by atoms with Gasteiger partial charge in [0.25, 0.3) is 0 Å². The fourth-order valence-electron chi connectivity index (χ4n) is 1.61. The maximum atomic E-state index is 8.74. The van der Waals surface area contributed by atoms with Crippen molar-refractivity contribution < 1.29 is 5.11 Å². The Morgan fingerprint density at radius 2 is 2.17 bits per heavy atom. The molecule has 0 bridgehead atoms. The molecule has 1 N–H and O–H groups in total. The molecule has 0 radical (unpaired) electrons. The van der Waals surface area contributed by atoms with Crippen molar-refractivity contribution in [2.24, 2.45) is 0 Å². The molecule has 1 rings (SSSR count). The molecule has 1 aliphatic rings. The highest BCUT2D eigenvalue weighted by Crippen LogP contribution is 2.26. The summed E-state index contributed by atoms with van der Waals surface area (Å²) in [6.07, 6.45) is 6.62. The maximum Gasteiger partial charge on any atom is 0.0468 e. The largest absolute Gasteiger partial charge is 0.396 e. The first-order valence-corrected chi connectivity index (χ1v) is 4.68. The Bertz CT molecular complexity index is 207. The lowest BCUT2D eigenvalue weighted by Crippen LogP contribution is -1.98. The fourth-order valence-corrected chi connectivity index (χ4v) is 1.61. The van der Waals surface area contributed by atoms with Crippen molar-refractivity contribution in [3.63, 3.8) is 0 Å². The van der Waals surface area contributed by atoms with E-state index in [0.29, 0.717) is 6.61 Å².